The van der Waals surface area contributed by atoms with Crippen LogP contribution in [0.3, 0.4) is 0 Å². The number of ether oxygens (including phenoxy) is 1. The summed E-state index contributed by atoms with van der Waals surface area (Å²) in [4.78, 5) is 0. The zero-order valence-corrected chi connectivity index (χ0v) is 10.1. The zero-order chi connectivity index (χ0) is 13.7. The van der Waals surface area contributed by atoms with Gasteiger partial charge in [-0.1, -0.05) is 12.1 Å². The van der Waals surface area contributed by atoms with Crippen LogP contribution < -0.4 is 4.74 Å². The Labute approximate surface area is 110 Å². The molecule has 0 saturated carbocycles. The monoisotopic (exact) mass is 257 g/mol. The summed E-state index contributed by atoms with van der Waals surface area (Å²) >= 11 is 0. The van der Waals surface area contributed by atoms with Crippen molar-refractivity contribution in [1.82, 2.24) is 0 Å². The van der Waals surface area contributed by atoms with Gasteiger partial charge in [0, 0.05) is 6.61 Å². The third-order valence-electron chi connectivity index (χ3n) is 2.61. The van der Waals surface area contributed by atoms with E-state index in [0.717, 1.165) is 11.6 Å². The Morgan fingerprint density at radius 3 is 2.47 bits per heavy atom. The van der Waals surface area contributed by atoms with Crippen LogP contribution >= 0.6 is 0 Å². The summed E-state index contributed by atoms with van der Waals surface area (Å²) in [6.07, 6.45) is 0.575. The van der Waals surface area contributed by atoms with E-state index in [-0.39, 0.29) is 17.9 Å². The number of halogens is 1. The molecule has 0 amide bonds. The minimum absolute atomic E-state index is 0.0777. The van der Waals surface area contributed by atoms with Gasteiger partial charge in [-0.3, -0.25) is 0 Å². The molecule has 0 saturated heterocycles. The first-order valence-electron chi connectivity index (χ1n) is 5.80. The maximum Gasteiger partial charge on any atom is 0.167 e. The van der Waals surface area contributed by atoms with Crippen molar-refractivity contribution in [3.8, 4) is 17.6 Å². The molecule has 1 N–H and O–H groups in total. The van der Waals surface area contributed by atoms with Crippen LogP contribution in [0.5, 0.6) is 11.5 Å². The van der Waals surface area contributed by atoms with Gasteiger partial charge in [0.2, 0.25) is 0 Å². The van der Waals surface area contributed by atoms with Crippen molar-refractivity contribution in [3.63, 3.8) is 0 Å². The first-order chi connectivity index (χ1) is 9.22. The Hall–Kier alpha value is -2.38. The van der Waals surface area contributed by atoms with Gasteiger partial charge in [-0.05, 0) is 42.3 Å². The number of rotatable bonds is 4. The quantitative estimate of drug-likeness (QED) is 0.915. The molecule has 0 heterocycles. The van der Waals surface area contributed by atoms with Crippen molar-refractivity contribution in [2.24, 2.45) is 0 Å². The number of nitrogens with zero attached hydrogens (tertiary/aromatic N) is 1. The molecule has 96 valence electrons. The van der Waals surface area contributed by atoms with Crippen LogP contribution in [0.1, 0.15) is 11.1 Å². The molecule has 0 atom stereocenters. The van der Waals surface area contributed by atoms with Gasteiger partial charge >= 0.3 is 0 Å². The lowest BCUT2D eigenvalue weighted by molar-refractivity contribution is 0.299. The topological polar surface area (TPSA) is 53.2 Å². The number of nitriles is 1. The van der Waals surface area contributed by atoms with Crippen LogP contribution in [0.25, 0.3) is 0 Å². The molecule has 0 aliphatic carbocycles. The van der Waals surface area contributed by atoms with E-state index in [9.17, 15) is 4.39 Å². The third-order valence-corrected chi connectivity index (χ3v) is 2.61. The fourth-order valence-corrected chi connectivity index (χ4v) is 1.63. The molecule has 2 aromatic rings. The average molecular weight is 257 g/mol. The zero-order valence-electron chi connectivity index (χ0n) is 10.1. The van der Waals surface area contributed by atoms with Crippen LogP contribution in [-0.4, -0.2) is 11.7 Å². The van der Waals surface area contributed by atoms with E-state index in [2.05, 4.69) is 0 Å². The van der Waals surface area contributed by atoms with Crippen molar-refractivity contribution in [2.45, 2.75) is 6.42 Å². The molecule has 2 rings (SSSR count). The summed E-state index contributed by atoms with van der Waals surface area (Å²) in [5.74, 6) is 0.0118. The van der Waals surface area contributed by atoms with Gasteiger partial charge in [-0.2, -0.15) is 5.26 Å². The fourth-order valence-electron chi connectivity index (χ4n) is 1.63. The smallest absolute Gasteiger partial charge is 0.167 e. The van der Waals surface area contributed by atoms with Gasteiger partial charge < -0.3 is 9.84 Å². The molecular formula is C15H12FNO2. The summed E-state index contributed by atoms with van der Waals surface area (Å²) < 4.78 is 19.0. The lowest BCUT2D eigenvalue weighted by Crippen LogP contribution is -1.92. The second kappa shape index (κ2) is 5.98. The van der Waals surface area contributed by atoms with Crippen LogP contribution in [0.4, 0.5) is 4.39 Å². The van der Waals surface area contributed by atoms with Gasteiger partial charge in [-0.25, -0.2) is 4.39 Å². The molecule has 0 aromatic heterocycles. The minimum Gasteiger partial charge on any atom is -0.454 e. The highest BCUT2D eigenvalue weighted by Gasteiger charge is 2.06. The molecule has 19 heavy (non-hydrogen) atoms. The van der Waals surface area contributed by atoms with Gasteiger partial charge in [0.25, 0.3) is 0 Å². The summed E-state index contributed by atoms with van der Waals surface area (Å²) in [7, 11) is 0. The molecule has 0 spiro atoms. The number of aliphatic hydroxyl groups excluding tert-OH is 1. The first kappa shape index (κ1) is 13.1. The lowest BCUT2D eigenvalue weighted by Gasteiger charge is -2.07. The molecule has 0 unspecified atom stereocenters. The summed E-state index contributed by atoms with van der Waals surface area (Å²) in [5, 5.41) is 17.4. The van der Waals surface area contributed by atoms with Crippen LogP contribution in [0, 0.1) is 17.1 Å². The van der Waals surface area contributed by atoms with Crippen LogP contribution in [-0.2, 0) is 6.42 Å². The summed E-state index contributed by atoms with van der Waals surface area (Å²) in [6.45, 7) is 0.0878. The fraction of sp³-hybridized carbons (Fsp3) is 0.133. The molecule has 0 aliphatic heterocycles. The van der Waals surface area contributed by atoms with E-state index in [4.69, 9.17) is 15.1 Å². The van der Waals surface area contributed by atoms with Crippen molar-refractivity contribution in [1.29, 1.82) is 5.26 Å². The average Bonchev–Trinajstić information content (AvgIpc) is 2.43. The van der Waals surface area contributed by atoms with E-state index in [0.29, 0.717) is 12.2 Å². The van der Waals surface area contributed by atoms with Gasteiger partial charge in [0.1, 0.15) is 5.75 Å². The summed E-state index contributed by atoms with van der Waals surface area (Å²) in [6, 6.07) is 13.0. The van der Waals surface area contributed by atoms with E-state index in [1.807, 2.05) is 18.2 Å². The first-order valence-corrected chi connectivity index (χ1v) is 5.80. The Morgan fingerprint density at radius 1 is 1.16 bits per heavy atom. The van der Waals surface area contributed by atoms with Crippen LogP contribution in [0.2, 0.25) is 0 Å². The number of hydrogen-bond acceptors (Lipinski definition) is 3. The molecule has 0 bridgehead atoms. The predicted octanol–water partition coefficient (Wildman–Crippen LogP) is 3.02. The second-order valence-electron chi connectivity index (χ2n) is 3.98. The Balaban J connectivity index is 2.15. The highest BCUT2D eigenvalue weighted by Crippen LogP contribution is 2.25. The molecule has 2 aromatic carbocycles. The third kappa shape index (κ3) is 3.30. The second-order valence-corrected chi connectivity index (χ2v) is 3.98. The summed E-state index contributed by atoms with van der Waals surface area (Å²) in [5.41, 5.74) is 1.23. The maximum absolute atomic E-state index is 13.6. The van der Waals surface area contributed by atoms with Gasteiger partial charge in [0.15, 0.2) is 11.6 Å². The Bertz CT molecular complexity index is 603. The van der Waals surface area contributed by atoms with Gasteiger partial charge in [0.05, 0.1) is 11.6 Å². The van der Waals surface area contributed by atoms with E-state index in [1.54, 1.807) is 12.1 Å². The SMILES string of the molecule is N#Cc1ccc(Oc2ccc(CCO)cc2)c(F)c1. The number of hydrogen-bond donors (Lipinski definition) is 1. The van der Waals surface area contributed by atoms with Crippen molar-refractivity contribution in [2.75, 3.05) is 6.61 Å². The Kier molecular flexibility index (Phi) is 4.11. The van der Waals surface area contributed by atoms with Crippen molar-refractivity contribution in [3.05, 3.63) is 59.4 Å². The van der Waals surface area contributed by atoms with E-state index < -0.39 is 5.82 Å². The molecular weight excluding hydrogens is 245 g/mol. The number of benzene rings is 2. The Morgan fingerprint density at radius 2 is 1.89 bits per heavy atom. The van der Waals surface area contributed by atoms with Crippen LogP contribution in [0.15, 0.2) is 42.5 Å². The molecule has 0 aliphatic rings. The molecule has 4 heteroatoms. The molecule has 3 nitrogen and oxygen atoms in total. The van der Waals surface area contributed by atoms with E-state index in [1.165, 1.54) is 12.1 Å². The molecule has 0 radical (unpaired) electrons. The number of aliphatic hydroxyl groups is 1. The maximum atomic E-state index is 13.6. The van der Waals surface area contributed by atoms with E-state index >= 15 is 0 Å². The van der Waals surface area contributed by atoms with Gasteiger partial charge in [-0.15, -0.1) is 0 Å². The minimum atomic E-state index is -0.571. The lowest BCUT2D eigenvalue weighted by atomic mass is 10.1. The largest absolute Gasteiger partial charge is 0.454 e. The highest BCUT2D eigenvalue weighted by molar-refractivity contribution is 5.39. The highest BCUT2D eigenvalue weighted by atomic mass is 19.1. The standard InChI is InChI=1S/C15H12FNO2/c16-14-9-12(10-17)3-6-15(14)19-13-4-1-11(2-5-13)7-8-18/h1-6,9,18H,7-8H2. The normalized spacial score (nSPS) is 9.95. The van der Waals surface area contributed by atoms with Crippen molar-refractivity contribution < 1.29 is 14.2 Å². The van der Waals surface area contributed by atoms with Crippen molar-refractivity contribution >= 4 is 0 Å². The predicted molar refractivity (Wildman–Crippen MR) is 68.4 cm³/mol. The molecule has 0 fully saturated rings.